The molecule has 0 unspecified atom stereocenters. The number of nitrogens with zero attached hydrogens (tertiary/aromatic N) is 1. The van der Waals surface area contributed by atoms with Gasteiger partial charge in [0.15, 0.2) is 0 Å². The quantitative estimate of drug-likeness (QED) is 0.709. The maximum atomic E-state index is 14.8. The van der Waals surface area contributed by atoms with Crippen molar-refractivity contribution in [3.8, 4) is 0 Å². The Kier molecular flexibility index (Phi) is 4.28. The van der Waals surface area contributed by atoms with Gasteiger partial charge in [0.25, 0.3) is 0 Å². The summed E-state index contributed by atoms with van der Waals surface area (Å²) in [5.74, 6) is -0.844. The van der Waals surface area contributed by atoms with Gasteiger partial charge >= 0.3 is 0 Å². The van der Waals surface area contributed by atoms with Gasteiger partial charge in [-0.05, 0) is 48.7 Å². The van der Waals surface area contributed by atoms with Gasteiger partial charge in [-0.25, -0.2) is 9.37 Å². The fourth-order valence-electron chi connectivity index (χ4n) is 3.03. The third kappa shape index (κ3) is 2.99. The first-order chi connectivity index (χ1) is 11.4. The summed E-state index contributed by atoms with van der Waals surface area (Å²) in [6.45, 7) is 3.86. The van der Waals surface area contributed by atoms with Crippen molar-refractivity contribution in [2.24, 2.45) is 5.73 Å². The van der Waals surface area contributed by atoms with E-state index in [0.717, 1.165) is 27.7 Å². The second-order valence-corrected chi connectivity index (χ2v) is 6.31. The summed E-state index contributed by atoms with van der Waals surface area (Å²) >= 11 is 5.92. The number of pyridine rings is 1. The number of halogens is 2. The van der Waals surface area contributed by atoms with E-state index in [4.69, 9.17) is 17.3 Å². The van der Waals surface area contributed by atoms with Gasteiger partial charge in [-0.3, -0.25) is 4.79 Å². The number of nitrogens with two attached hydrogens (primary N) is 1. The normalized spacial score (nSPS) is 11.2. The van der Waals surface area contributed by atoms with Crippen LogP contribution in [0.2, 0.25) is 5.15 Å². The lowest BCUT2D eigenvalue weighted by Crippen LogP contribution is -2.14. The smallest absolute Gasteiger partial charge is 0.221 e. The molecule has 0 fully saturated rings. The number of amides is 1. The van der Waals surface area contributed by atoms with Crippen molar-refractivity contribution in [1.29, 1.82) is 0 Å². The Hall–Kier alpha value is -2.40. The summed E-state index contributed by atoms with van der Waals surface area (Å²) in [5.41, 5.74) is 9.97. The predicted octanol–water partition coefficient (Wildman–Crippen LogP) is 3.59. The van der Waals surface area contributed by atoms with Crippen LogP contribution in [0.3, 0.4) is 0 Å². The molecular weight excluding hydrogens is 329 g/mol. The van der Waals surface area contributed by atoms with Crippen LogP contribution >= 0.6 is 11.6 Å². The summed E-state index contributed by atoms with van der Waals surface area (Å²) in [4.78, 5) is 18.5. The van der Waals surface area contributed by atoms with Crippen molar-refractivity contribution in [1.82, 2.24) is 9.97 Å². The van der Waals surface area contributed by atoms with Crippen LogP contribution in [0.15, 0.2) is 24.4 Å². The summed E-state index contributed by atoms with van der Waals surface area (Å²) in [7, 11) is 0. The Bertz CT molecular complexity index is 949. The molecule has 1 amide bonds. The molecule has 2 aromatic heterocycles. The topological polar surface area (TPSA) is 71.8 Å². The molecule has 2 heterocycles. The fraction of sp³-hybridized carbons (Fsp3) is 0.222. The Morgan fingerprint density at radius 2 is 2.12 bits per heavy atom. The third-order valence-corrected chi connectivity index (χ3v) is 4.46. The molecule has 3 aromatic rings. The number of fused-ring (bicyclic) bond motifs is 1. The van der Waals surface area contributed by atoms with Gasteiger partial charge in [-0.15, -0.1) is 0 Å². The minimum atomic E-state index is -0.491. The standard InChI is InChI=1S/C18H17ClFN3O/c1-9-10(2)23-18-12(8-16(21)24)7-14(20)13(17(9)18)5-11-3-4-22-15(19)6-11/h3-4,6-7,23H,5,8H2,1-2H3,(H2,21,24). The highest BCUT2D eigenvalue weighted by Gasteiger charge is 2.18. The molecule has 0 aliphatic rings. The number of nitrogens with one attached hydrogen (secondary N) is 1. The van der Waals surface area contributed by atoms with Crippen molar-refractivity contribution in [2.45, 2.75) is 26.7 Å². The Morgan fingerprint density at radius 3 is 2.79 bits per heavy atom. The van der Waals surface area contributed by atoms with Crippen LogP contribution in [0.25, 0.3) is 10.9 Å². The Labute approximate surface area is 143 Å². The molecule has 0 bridgehead atoms. The number of aromatic nitrogens is 2. The fourth-order valence-corrected chi connectivity index (χ4v) is 3.22. The van der Waals surface area contributed by atoms with Crippen LogP contribution in [0.1, 0.15) is 27.9 Å². The molecule has 3 rings (SSSR count). The molecule has 0 radical (unpaired) electrons. The zero-order valence-corrected chi connectivity index (χ0v) is 14.2. The molecule has 0 saturated heterocycles. The number of aromatic amines is 1. The van der Waals surface area contributed by atoms with Crippen molar-refractivity contribution < 1.29 is 9.18 Å². The van der Waals surface area contributed by atoms with E-state index in [-0.39, 0.29) is 12.2 Å². The molecule has 24 heavy (non-hydrogen) atoms. The zero-order valence-electron chi connectivity index (χ0n) is 13.4. The lowest BCUT2D eigenvalue weighted by Gasteiger charge is -2.10. The number of hydrogen-bond donors (Lipinski definition) is 2. The molecule has 0 atom stereocenters. The summed E-state index contributed by atoms with van der Waals surface area (Å²) in [5, 5.41) is 1.17. The van der Waals surface area contributed by atoms with E-state index in [0.29, 0.717) is 22.7 Å². The van der Waals surface area contributed by atoms with Crippen molar-refractivity contribution in [3.63, 3.8) is 0 Å². The van der Waals surface area contributed by atoms with Gasteiger partial charge in [0.05, 0.1) is 11.9 Å². The van der Waals surface area contributed by atoms with Crippen LogP contribution in [-0.2, 0) is 17.6 Å². The molecule has 0 spiro atoms. The van der Waals surface area contributed by atoms with E-state index < -0.39 is 5.91 Å². The average molecular weight is 346 g/mol. The second kappa shape index (κ2) is 6.24. The van der Waals surface area contributed by atoms with Crippen LogP contribution in [0.5, 0.6) is 0 Å². The van der Waals surface area contributed by atoms with Crippen LogP contribution < -0.4 is 5.73 Å². The zero-order chi connectivity index (χ0) is 17.4. The molecular formula is C18H17ClFN3O. The number of primary amides is 1. The van der Waals surface area contributed by atoms with Gasteiger partial charge in [-0.1, -0.05) is 11.6 Å². The molecule has 124 valence electrons. The van der Waals surface area contributed by atoms with Gasteiger partial charge < -0.3 is 10.7 Å². The summed E-state index contributed by atoms with van der Waals surface area (Å²) in [6, 6.07) is 4.92. The van der Waals surface area contributed by atoms with Crippen molar-refractivity contribution >= 4 is 28.4 Å². The van der Waals surface area contributed by atoms with Gasteiger partial charge in [0.2, 0.25) is 5.91 Å². The van der Waals surface area contributed by atoms with E-state index >= 15 is 0 Å². The van der Waals surface area contributed by atoms with Crippen molar-refractivity contribution in [3.05, 3.63) is 63.3 Å². The number of benzene rings is 1. The highest BCUT2D eigenvalue weighted by Crippen LogP contribution is 2.32. The maximum absolute atomic E-state index is 14.8. The SMILES string of the molecule is Cc1[nH]c2c(CC(N)=O)cc(F)c(Cc3ccnc(Cl)c3)c2c1C. The second-order valence-electron chi connectivity index (χ2n) is 5.93. The molecule has 0 saturated carbocycles. The Balaban J connectivity index is 2.21. The first kappa shape index (κ1) is 16.5. The van der Waals surface area contributed by atoms with Crippen LogP contribution in [0, 0.1) is 19.7 Å². The van der Waals surface area contributed by atoms with E-state index in [1.165, 1.54) is 6.07 Å². The summed E-state index contributed by atoms with van der Waals surface area (Å²) in [6.07, 6.45) is 1.98. The summed E-state index contributed by atoms with van der Waals surface area (Å²) < 4.78 is 14.8. The molecule has 3 N–H and O–H groups in total. The molecule has 6 heteroatoms. The van der Waals surface area contributed by atoms with Gasteiger partial charge in [-0.2, -0.15) is 0 Å². The van der Waals surface area contributed by atoms with E-state index in [2.05, 4.69) is 9.97 Å². The molecule has 1 aromatic carbocycles. The lowest BCUT2D eigenvalue weighted by molar-refractivity contribution is -0.117. The Morgan fingerprint density at radius 1 is 1.38 bits per heavy atom. The van der Waals surface area contributed by atoms with E-state index in [1.807, 2.05) is 19.9 Å². The predicted molar refractivity (Wildman–Crippen MR) is 92.7 cm³/mol. The van der Waals surface area contributed by atoms with E-state index in [9.17, 15) is 9.18 Å². The minimum absolute atomic E-state index is 0.00578. The van der Waals surface area contributed by atoms with Gasteiger partial charge in [0.1, 0.15) is 11.0 Å². The number of hydrogen-bond acceptors (Lipinski definition) is 2. The minimum Gasteiger partial charge on any atom is -0.369 e. The maximum Gasteiger partial charge on any atom is 0.221 e. The molecule has 4 nitrogen and oxygen atoms in total. The first-order valence-corrected chi connectivity index (χ1v) is 7.92. The molecule has 0 aliphatic carbocycles. The highest BCUT2D eigenvalue weighted by atomic mass is 35.5. The monoisotopic (exact) mass is 345 g/mol. The van der Waals surface area contributed by atoms with Gasteiger partial charge in [0, 0.05) is 29.3 Å². The number of carbonyl (C=O) groups is 1. The highest BCUT2D eigenvalue weighted by molar-refractivity contribution is 6.29. The third-order valence-electron chi connectivity index (χ3n) is 4.25. The largest absolute Gasteiger partial charge is 0.369 e. The molecule has 0 aliphatic heterocycles. The van der Waals surface area contributed by atoms with Crippen molar-refractivity contribution in [2.75, 3.05) is 0 Å². The van der Waals surface area contributed by atoms with Crippen LogP contribution in [0.4, 0.5) is 4.39 Å². The van der Waals surface area contributed by atoms with E-state index in [1.54, 1.807) is 12.3 Å². The number of H-pyrrole nitrogens is 1. The number of rotatable bonds is 4. The number of aryl methyl sites for hydroxylation is 2. The lowest BCUT2D eigenvalue weighted by atomic mass is 9.95. The number of carbonyl (C=O) groups excluding carboxylic acids is 1. The van der Waals surface area contributed by atoms with Crippen LogP contribution in [-0.4, -0.2) is 15.9 Å². The first-order valence-electron chi connectivity index (χ1n) is 7.54. The average Bonchev–Trinajstić information content (AvgIpc) is 2.79.